The van der Waals surface area contributed by atoms with Crippen LogP contribution in [0.5, 0.6) is 0 Å². The highest BCUT2D eigenvalue weighted by atomic mass is 32.2. The van der Waals surface area contributed by atoms with Crippen molar-refractivity contribution in [1.82, 2.24) is 14.4 Å². The Bertz CT molecular complexity index is 534. The zero-order chi connectivity index (χ0) is 11.5. The lowest BCUT2D eigenvalue weighted by atomic mass is 10.3. The second-order valence-corrected chi connectivity index (χ2v) is 4.63. The molecule has 1 aromatic heterocycles. The lowest BCUT2D eigenvalue weighted by Crippen LogP contribution is -2.13. The van der Waals surface area contributed by atoms with E-state index in [2.05, 4.69) is 22.6 Å². The van der Waals surface area contributed by atoms with Crippen LogP contribution in [0.15, 0.2) is 18.4 Å². The van der Waals surface area contributed by atoms with Crippen molar-refractivity contribution in [3.8, 4) is 0 Å². The predicted molar refractivity (Wildman–Crippen MR) is 58.6 cm³/mol. The summed E-state index contributed by atoms with van der Waals surface area (Å²) in [5, 5.41) is 7.29. The van der Waals surface area contributed by atoms with E-state index in [1.165, 1.54) is 6.08 Å². The Morgan fingerprint density at radius 3 is 2.67 bits per heavy atom. The van der Waals surface area contributed by atoms with Crippen LogP contribution >= 0.6 is 0 Å². The highest BCUT2D eigenvalue weighted by Gasteiger charge is 2.15. The zero-order valence-corrected chi connectivity index (χ0v) is 9.32. The number of hydrogen-bond acceptors (Lipinski definition) is 4. The van der Waals surface area contributed by atoms with Crippen LogP contribution in [0, 0.1) is 0 Å². The van der Waals surface area contributed by atoms with Gasteiger partial charge in [-0.15, -0.1) is 14.9 Å². The van der Waals surface area contributed by atoms with E-state index in [4.69, 9.17) is 0 Å². The Morgan fingerprint density at radius 2 is 2.20 bits per heavy atom. The summed E-state index contributed by atoms with van der Waals surface area (Å²) in [4.78, 5) is 0. The average Bonchev–Trinajstić information content (AvgIpc) is 2.49. The van der Waals surface area contributed by atoms with E-state index >= 15 is 0 Å². The van der Waals surface area contributed by atoms with Gasteiger partial charge in [-0.3, -0.25) is 0 Å². The Hall–Kier alpha value is -1.65. The summed E-state index contributed by atoms with van der Waals surface area (Å²) in [5.41, 5.74) is 3.33. The smallest absolute Gasteiger partial charge is 0.205 e. The first kappa shape index (κ1) is 11.4. The quantitative estimate of drug-likeness (QED) is 0.717. The molecule has 0 amide bonds. The maximum atomic E-state index is 11.3. The maximum absolute atomic E-state index is 11.3. The van der Waals surface area contributed by atoms with E-state index in [1.54, 1.807) is 19.1 Å². The zero-order valence-electron chi connectivity index (χ0n) is 8.51. The molecule has 0 N–H and O–H groups in total. The monoisotopic (exact) mass is 225 g/mol. The van der Waals surface area contributed by atoms with Gasteiger partial charge in [0.15, 0.2) is 0 Å². The van der Waals surface area contributed by atoms with Crippen molar-refractivity contribution in [2.24, 2.45) is 0 Å². The Labute approximate surface area is 88.5 Å². The molecule has 0 aromatic carbocycles. The van der Waals surface area contributed by atoms with Crippen LogP contribution < -0.4 is 0 Å². The van der Waals surface area contributed by atoms with E-state index < -0.39 is 10.0 Å². The van der Waals surface area contributed by atoms with Gasteiger partial charge in [-0.1, -0.05) is 17.9 Å². The lowest BCUT2D eigenvalue weighted by Gasteiger charge is -1.98. The number of allylic oxidation sites excluding steroid dienone is 1. The Balaban J connectivity index is 3.50. The number of aromatic nitrogens is 3. The minimum Gasteiger partial charge on any atom is -0.205 e. The van der Waals surface area contributed by atoms with Crippen molar-refractivity contribution in [1.29, 1.82) is 0 Å². The molecule has 0 atom stereocenters. The molecule has 0 saturated heterocycles. The fourth-order valence-corrected chi connectivity index (χ4v) is 1.71. The van der Waals surface area contributed by atoms with Crippen LogP contribution in [0.4, 0.5) is 0 Å². The van der Waals surface area contributed by atoms with Gasteiger partial charge in [-0.2, -0.15) is 0 Å². The molecule has 0 aliphatic heterocycles. The van der Waals surface area contributed by atoms with Gasteiger partial charge in [-0.05, 0) is 13.0 Å². The van der Waals surface area contributed by atoms with Crippen molar-refractivity contribution < 1.29 is 8.42 Å². The van der Waals surface area contributed by atoms with E-state index in [9.17, 15) is 8.42 Å². The predicted octanol–water partition coefficient (Wildman–Crippen LogP) is 0.917. The van der Waals surface area contributed by atoms with Crippen molar-refractivity contribution in [2.45, 2.75) is 6.92 Å². The molecule has 0 saturated carbocycles. The standard InChI is InChI=1S/C9H11N3O2S/c1-4-6-8-9(7-5-2)12(11-10-8)15(3,13)14/h4,6-7H,2H2,1,3H3/b6-4-. The molecule has 1 rings (SSSR count). The molecule has 6 heteroatoms. The van der Waals surface area contributed by atoms with Crippen molar-refractivity contribution in [3.05, 3.63) is 29.8 Å². The molecule has 0 aliphatic rings. The third-order valence-electron chi connectivity index (χ3n) is 1.58. The topological polar surface area (TPSA) is 64.8 Å². The van der Waals surface area contributed by atoms with Gasteiger partial charge in [0, 0.05) is 6.08 Å². The number of nitrogens with zero attached hydrogens (tertiary/aromatic N) is 3. The largest absolute Gasteiger partial charge is 0.252 e. The van der Waals surface area contributed by atoms with Crippen LogP contribution in [0.2, 0.25) is 0 Å². The normalized spacial score (nSPS) is 11.6. The van der Waals surface area contributed by atoms with Gasteiger partial charge in [-0.25, -0.2) is 8.42 Å². The summed E-state index contributed by atoms with van der Waals surface area (Å²) < 4.78 is 23.5. The molecule has 1 heterocycles. The van der Waals surface area contributed by atoms with Crippen LogP contribution in [0.3, 0.4) is 0 Å². The molecule has 0 spiro atoms. The van der Waals surface area contributed by atoms with Crippen LogP contribution in [0.25, 0.3) is 12.2 Å². The molecule has 1 aromatic rings. The third-order valence-corrected chi connectivity index (χ3v) is 2.48. The van der Waals surface area contributed by atoms with E-state index in [1.807, 2.05) is 0 Å². The number of hydrogen-bond donors (Lipinski definition) is 0. The fourth-order valence-electron chi connectivity index (χ4n) is 1.03. The average molecular weight is 225 g/mol. The maximum Gasteiger partial charge on any atom is 0.252 e. The molecule has 0 radical (unpaired) electrons. The molecule has 0 aliphatic carbocycles. The first-order valence-electron chi connectivity index (χ1n) is 4.15. The van der Waals surface area contributed by atoms with Gasteiger partial charge >= 0.3 is 0 Å². The van der Waals surface area contributed by atoms with Crippen molar-refractivity contribution in [2.75, 3.05) is 6.26 Å². The highest BCUT2D eigenvalue weighted by molar-refractivity contribution is 7.89. The first-order chi connectivity index (χ1) is 7.00. The fraction of sp³-hybridized carbons (Fsp3) is 0.222. The van der Waals surface area contributed by atoms with Crippen molar-refractivity contribution >= 4 is 22.2 Å². The molecule has 0 bridgehead atoms. The van der Waals surface area contributed by atoms with Gasteiger partial charge in [0.2, 0.25) is 0 Å². The van der Waals surface area contributed by atoms with Crippen molar-refractivity contribution in [3.63, 3.8) is 0 Å². The molecule has 15 heavy (non-hydrogen) atoms. The van der Waals surface area contributed by atoms with E-state index in [0.717, 1.165) is 10.3 Å². The summed E-state index contributed by atoms with van der Waals surface area (Å²) in [6.45, 7) is 5.20. The third kappa shape index (κ3) is 2.43. The molecule has 0 unspecified atom stereocenters. The SMILES string of the molecule is C=C=Cc1c(/C=C\C)nnn1S(C)(=O)=O. The molecule has 0 fully saturated rings. The summed E-state index contributed by atoms with van der Waals surface area (Å²) in [7, 11) is -3.44. The van der Waals surface area contributed by atoms with Gasteiger partial charge in [0.1, 0.15) is 11.4 Å². The number of rotatable bonds is 3. The van der Waals surface area contributed by atoms with Gasteiger partial charge in [0.25, 0.3) is 10.0 Å². The molecular formula is C9H11N3O2S. The summed E-state index contributed by atoms with van der Waals surface area (Å²) >= 11 is 0. The Morgan fingerprint density at radius 1 is 1.53 bits per heavy atom. The Kier molecular flexibility index (Phi) is 3.24. The second kappa shape index (κ2) is 4.25. The summed E-state index contributed by atoms with van der Waals surface area (Å²) in [6.07, 6.45) is 5.90. The van der Waals surface area contributed by atoms with Gasteiger partial charge < -0.3 is 0 Å². The molecule has 80 valence electrons. The highest BCUT2D eigenvalue weighted by Crippen LogP contribution is 2.10. The minimum atomic E-state index is -3.44. The van der Waals surface area contributed by atoms with E-state index in [-0.39, 0.29) is 0 Å². The molecular weight excluding hydrogens is 214 g/mol. The summed E-state index contributed by atoms with van der Waals surface area (Å²) in [6, 6.07) is 0. The van der Waals surface area contributed by atoms with Crippen LogP contribution in [0.1, 0.15) is 18.3 Å². The van der Waals surface area contributed by atoms with E-state index in [0.29, 0.717) is 11.4 Å². The minimum absolute atomic E-state index is 0.352. The summed E-state index contributed by atoms with van der Waals surface area (Å²) in [5.74, 6) is 0. The molecule has 5 nitrogen and oxygen atoms in total. The first-order valence-corrected chi connectivity index (χ1v) is 6.00. The lowest BCUT2D eigenvalue weighted by molar-refractivity contribution is 0.583. The van der Waals surface area contributed by atoms with Crippen LogP contribution in [-0.2, 0) is 10.0 Å². The second-order valence-electron chi connectivity index (χ2n) is 2.81. The van der Waals surface area contributed by atoms with Crippen LogP contribution in [-0.4, -0.2) is 29.1 Å². The van der Waals surface area contributed by atoms with Gasteiger partial charge in [0.05, 0.1) is 6.26 Å².